The normalized spacial score (nSPS) is 31.0. The third-order valence-corrected chi connectivity index (χ3v) is 7.55. The Morgan fingerprint density at radius 1 is 1.12 bits per heavy atom. The molecule has 1 amide bonds. The summed E-state index contributed by atoms with van der Waals surface area (Å²) in [7, 11) is 0. The van der Waals surface area contributed by atoms with Crippen LogP contribution in [0.2, 0.25) is 0 Å². The van der Waals surface area contributed by atoms with Crippen molar-refractivity contribution in [3.63, 3.8) is 0 Å². The van der Waals surface area contributed by atoms with Crippen molar-refractivity contribution in [2.24, 2.45) is 5.92 Å². The molecular weight excluding hydrogens is 406 g/mol. The fourth-order valence-electron chi connectivity index (χ4n) is 5.86. The topological polar surface area (TPSA) is 76.1 Å². The summed E-state index contributed by atoms with van der Waals surface area (Å²) in [5.74, 6) is -0.0798. The highest BCUT2D eigenvalue weighted by Crippen LogP contribution is 2.55. The average molecular weight is 436 g/mol. The summed E-state index contributed by atoms with van der Waals surface area (Å²) in [5, 5.41) is 9.36. The lowest BCUT2D eigenvalue weighted by Crippen LogP contribution is -2.60. The number of aliphatic carboxylic acids is 1. The maximum Gasteiger partial charge on any atom is 0.303 e. The molecule has 3 aliphatic heterocycles. The first-order chi connectivity index (χ1) is 15.4. The van der Waals surface area contributed by atoms with Crippen LogP contribution in [0.5, 0.6) is 5.75 Å². The number of ether oxygens (including phenoxy) is 2. The van der Waals surface area contributed by atoms with Gasteiger partial charge in [-0.3, -0.25) is 9.59 Å². The van der Waals surface area contributed by atoms with E-state index >= 15 is 0 Å². The van der Waals surface area contributed by atoms with Crippen LogP contribution in [-0.4, -0.2) is 46.2 Å². The molecule has 1 N–H and O–H groups in total. The van der Waals surface area contributed by atoms with Crippen LogP contribution in [0.4, 0.5) is 0 Å². The molecule has 2 saturated heterocycles. The van der Waals surface area contributed by atoms with Gasteiger partial charge in [0.1, 0.15) is 11.4 Å². The van der Waals surface area contributed by atoms with Gasteiger partial charge in [0.25, 0.3) is 5.91 Å². The van der Waals surface area contributed by atoms with Gasteiger partial charge >= 0.3 is 5.97 Å². The van der Waals surface area contributed by atoms with Gasteiger partial charge in [0.2, 0.25) is 0 Å². The molecule has 0 aromatic heterocycles. The summed E-state index contributed by atoms with van der Waals surface area (Å²) >= 11 is 0. The SMILES string of the molecule is C[C@@]1(CCC(=O)O)Oc2ccccc2[C@@H]2OC[C@]3(CCCN3C(=O)c3ccccc3)C[C@H]21. The number of carboxylic acid groups (broad SMARTS) is 1. The van der Waals surface area contributed by atoms with Gasteiger partial charge in [0.05, 0.1) is 18.2 Å². The van der Waals surface area contributed by atoms with Crippen LogP contribution in [0.3, 0.4) is 0 Å². The van der Waals surface area contributed by atoms with Crippen molar-refractivity contribution in [1.29, 1.82) is 0 Å². The number of hydrogen-bond donors (Lipinski definition) is 1. The van der Waals surface area contributed by atoms with Crippen LogP contribution in [-0.2, 0) is 9.53 Å². The highest BCUT2D eigenvalue weighted by Gasteiger charge is 2.57. The fraction of sp³-hybridized carbons (Fsp3) is 0.462. The molecule has 2 aromatic carbocycles. The van der Waals surface area contributed by atoms with Gasteiger partial charge in [-0.1, -0.05) is 36.4 Å². The molecule has 4 atom stereocenters. The van der Waals surface area contributed by atoms with Crippen molar-refractivity contribution in [1.82, 2.24) is 4.90 Å². The number of carboxylic acids is 1. The van der Waals surface area contributed by atoms with Crippen LogP contribution < -0.4 is 4.74 Å². The minimum absolute atomic E-state index is 0.0293. The lowest BCUT2D eigenvalue weighted by Gasteiger charge is -2.54. The van der Waals surface area contributed by atoms with Gasteiger partial charge in [-0.05, 0) is 50.8 Å². The number of para-hydroxylation sites is 1. The van der Waals surface area contributed by atoms with Crippen LogP contribution in [0.1, 0.15) is 61.1 Å². The van der Waals surface area contributed by atoms with Crippen molar-refractivity contribution >= 4 is 11.9 Å². The van der Waals surface area contributed by atoms with Crippen LogP contribution in [0.15, 0.2) is 54.6 Å². The highest BCUT2D eigenvalue weighted by molar-refractivity contribution is 5.95. The summed E-state index contributed by atoms with van der Waals surface area (Å²) < 4.78 is 13.0. The number of likely N-dealkylation sites (tertiary alicyclic amines) is 1. The Labute approximate surface area is 188 Å². The maximum atomic E-state index is 13.4. The molecule has 0 radical (unpaired) electrons. The fourth-order valence-corrected chi connectivity index (χ4v) is 5.86. The summed E-state index contributed by atoms with van der Waals surface area (Å²) in [6, 6.07) is 17.3. The Morgan fingerprint density at radius 3 is 2.66 bits per heavy atom. The molecule has 2 aromatic rings. The number of carbonyl (C=O) groups is 2. The molecule has 32 heavy (non-hydrogen) atoms. The van der Waals surface area contributed by atoms with Crippen molar-refractivity contribution in [2.75, 3.05) is 13.2 Å². The zero-order valence-electron chi connectivity index (χ0n) is 18.3. The van der Waals surface area contributed by atoms with E-state index in [1.165, 1.54) is 0 Å². The van der Waals surface area contributed by atoms with Crippen LogP contribution >= 0.6 is 0 Å². The van der Waals surface area contributed by atoms with Gasteiger partial charge in [-0.2, -0.15) is 0 Å². The molecule has 5 rings (SSSR count). The minimum Gasteiger partial charge on any atom is -0.487 e. The molecule has 6 nitrogen and oxygen atoms in total. The smallest absolute Gasteiger partial charge is 0.303 e. The van der Waals surface area contributed by atoms with E-state index in [-0.39, 0.29) is 24.3 Å². The Kier molecular flexibility index (Phi) is 5.20. The van der Waals surface area contributed by atoms with E-state index in [9.17, 15) is 14.7 Å². The first-order valence-corrected chi connectivity index (χ1v) is 11.4. The molecule has 168 valence electrons. The molecule has 2 fully saturated rings. The monoisotopic (exact) mass is 435 g/mol. The van der Waals surface area contributed by atoms with Gasteiger partial charge in [-0.25, -0.2) is 0 Å². The number of fused-ring (bicyclic) bond motifs is 3. The number of rotatable bonds is 4. The molecule has 0 aliphatic carbocycles. The molecular formula is C26H29NO5. The Hall–Kier alpha value is -2.86. The molecule has 0 saturated carbocycles. The molecule has 1 spiro atoms. The second kappa shape index (κ2) is 7.93. The van der Waals surface area contributed by atoms with Crippen LogP contribution in [0.25, 0.3) is 0 Å². The number of carbonyl (C=O) groups excluding carboxylic acids is 1. The molecule has 3 heterocycles. The third kappa shape index (κ3) is 3.47. The zero-order chi connectivity index (χ0) is 22.3. The average Bonchev–Trinajstić information content (AvgIpc) is 3.21. The predicted molar refractivity (Wildman–Crippen MR) is 119 cm³/mol. The molecule has 0 unspecified atom stereocenters. The third-order valence-electron chi connectivity index (χ3n) is 7.55. The van der Waals surface area contributed by atoms with Gasteiger partial charge in [0, 0.05) is 30.0 Å². The Bertz CT molecular complexity index is 1020. The quantitative estimate of drug-likeness (QED) is 0.768. The predicted octanol–water partition coefficient (Wildman–Crippen LogP) is 4.46. The Balaban J connectivity index is 1.49. The minimum atomic E-state index is -0.835. The number of nitrogens with zero attached hydrogens (tertiary/aromatic N) is 1. The Morgan fingerprint density at radius 2 is 1.88 bits per heavy atom. The van der Waals surface area contributed by atoms with Gasteiger partial charge < -0.3 is 19.5 Å². The second-order valence-corrected chi connectivity index (χ2v) is 9.54. The first-order valence-electron chi connectivity index (χ1n) is 11.4. The van der Waals surface area contributed by atoms with E-state index in [0.717, 1.165) is 30.6 Å². The van der Waals surface area contributed by atoms with Crippen molar-refractivity contribution in [3.05, 3.63) is 65.7 Å². The molecule has 6 heteroatoms. The number of benzene rings is 2. The zero-order valence-corrected chi connectivity index (χ0v) is 18.3. The van der Waals surface area contributed by atoms with Crippen LogP contribution in [0, 0.1) is 5.92 Å². The summed E-state index contributed by atoms with van der Waals surface area (Å²) in [4.78, 5) is 26.8. The van der Waals surface area contributed by atoms with Crippen molar-refractivity contribution in [2.45, 2.75) is 56.3 Å². The van der Waals surface area contributed by atoms with E-state index in [1.807, 2.05) is 66.4 Å². The summed E-state index contributed by atoms with van der Waals surface area (Å²) in [6.45, 7) is 3.19. The molecule has 0 bridgehead atoms. The van der Waals surface area contributed by atoms with E-state index in [4.69, 9.17) is 9.47 Å². The number of amides is 1. The summed E-state index contributed by atoms with van der Waals surface area (Å²) in [6.07, 6.45) is 2.80. The van der Waals surface area contributed by atoms with E-state index in [0.29, 0.717) is 25.1 Å². The van der Waals surface area contributed by atoms with E-state index in [2.05, 4.69) is 0 Å². The maximum absolute atomic E-state index is 13.4. The van der Waals surface area contributed by atoms with Crippen molar-refractivity contribution < 1.29 is 24.2 Å². The lowest BCUT2D eigenvalue weighted by molar-refractivity contribution is -0.169. The van der Waals surface area contributed by atoms with Gasteiger partial charge in [-0.15, -0.1) is 0 Å². The van der Waals surface area contributed by atoms with Crippen molar-refractivity contribution in [3.8, 4) is 5.75 Å². The second-order valence-electron chi connectivity index (χ2n) is 9.54. The largest absolute Gasteiger partial charge is 0.487 e. The van der Waals surface area contributed by atoms with Gasteiger partial charge in [0.15, 0.2) is 0 Å². The van der Waals surface area contributed by atoms with E-state index < -0.39 is 17.1 Å². The van der Waals surface area contributed by atoms with E-state index in [1.54, 1.807) is 0 Å². The molecule has 3 aliphatic rings. The summed E-state index contributed by atoms with van der Waals surface area (Å²) in [5.41, 5.74) is 0.622. The first kappa shape index (κ1) is 21.0. The standard InChI is InChI=1S/C26H29NO5/c1-25(14-12-22(28)29)20-16-26(17-31-23(20)19-10-5-6-11-21(19)32-25)13-7-15-27(26)24(30)18-8-3-2-4-9-18/h2-6,8-11,20,23H,7,12-17H2,1H3,(H,28,29)/t20-,23+,25+,26+/m1/s1. The highest BCUT2D eigenvalue weighted by atomic mass is 16.5. The number of hydrogen-bond acceptors (Lipinski definition) is 4. The lowest BCUT2D eigenvalue weighted by atomic mass is 9.68.